The molecule has 0 aliphatic rings. The smallest absolute Gasteiger partial charge is 0.257 e. The van der Waals surface area contributed by atoms with Gasteiger partial charge in [0.2, 0.25) is 0 Å². The van der Waals surface area contributed by atoms with Crippen molar-refractivity contribution >= 4 is 5.91 Å². The molecule has 0 saturated carbocycles. The van der Waals surface area contributed by atoms with Crippen LogP contribution in [0, 0.1) is 0 Å². The third-order valence-corrected chi connectivity index (χ3v) is 4.16. The van der Waals surface area contributed by atoms with Gasteiger partial charge in [0, 0.05) is 24.9 Å². The molecule has 0 atom stereocenters. The molecule has 0 unspecified atom stereocenters. The van der Waals surface area contributed by atoms with Crippen LogP contribution >= 0.6 is 0 Å². The van der Waals surface area contributed by atoms with Gasteiger partial charge < -0.3 is 9.42 Å². The number of hydrogen-bond donors (Lipinski definition) is 1. The van der Waals surface area contributed by atoms with Crippen molar-refractivity contribution in [2.24, 2.45) is 0 Å². The molecule has 27 heavy (non-hydrogen) atoms. The average molecular weight is 359 g/mol. The zero-order chi connectivity index (χ0) is 18.6. The van der Waals surface area contributed by atoms with Gasteiger partial charge >= 0.3 is 0 Å². The summed E-state index contributed by atoms with van der Waals surface area (Å²) in [5.41, 5.74) is 3.47. The highest BCUT2D eigenvalue weighted by atomic mass is 16.5. The van der Waals surface area contributed by atoms with Gasteiger partial charge in [-0.3, -0.25) is 14.9 Å². The van der Waals surface area contributed by atoms with Crippen molar-refractivity contribution in [2.45, 2.75) is 6.54 Å². The topological polar surface area (TPSA) is 87.9 Å². The summed E-state index contributed by atoms with van der Waals surface area (Å²) in [6.07, 6.45) is 3.24. The number of nitrogens with zero attached hydrogens (tertiary/aromatic N) is 4. The minimum Gasteiger partial charge on any atom is -0.359 e. The number of carbonyl (C=O) groups excluding carboxylic acids is 1. The maximum Gasteiger partial charge on any atom is 0.257 e. The van der Waals surface area contributed by atoms with Gasteiger partial charge in [-0.2, -0.15) is 5.10 Å². The first-order valence-electron chi connectivity index (χ1n) is 8.43. The SMILES string of the molecule is CN(Cc1cc(-c2ccccn2)no1)C(=O)c1cn[nH]c1-c1ccccc1. The molecule has 7 heteroatoms. The van der Waals surface area contributed by atoms with Crippen molar-refractivity contribution in [3.8, 4) is 22.6 Å². The summed E-state index contributed by atoms with van der Waals surface area (Å²) in [4.78, 5) is 18.7. The molecule has 0 radical (unpaired) electrons. The minimum atomic E-state index is -0.154. The number of H-pyrrole nitrogens is 1. The van der Waals surface area contributed by atoms with E-state index in [0.29, 0.717) is 22.7 Å². The van der Waals surface area contributed by atoms with Crippen molar-refractivity contribution < 1.29 is 9.32 Å². The zero-order valence-electron chi connectivity index (χ0n) is 14.7. The van der Waals surface area contributed by atoms with Crippen LogP contribution in [-0.4, -0.2) is 38.2 Å². The molecular weight excluding hydrogens is 342 g/mol. The summed E-state index contributed by atoms with van der Waals surface area (Å²) >= 11 is 0. The van der Waals surface area contributed by atoms with E-state index >= 15 is 0 Å². The largest absolute Gasteiger partial charge is 0.359 e. The number of aromatic amines is 1. The summed E-state index contributed by atoms with van der Waals surface area (Å²) in [5, 5.41) is 11.0. The molecule has 1 amide bonds. The number of carbonyl (C=O) groups is 1. The van der Waals surface area contributed by atoms with E-state index in [1.165, 1.54) is 0 Å². The van der Waals surface area contributed by atoms with Gasteiger partial charge in [0.1, 0.15) is 5.69 Å². The van der Waals surface area contributed by atoms with Crippen molar-refractivity contribution in [3.63, 3.8) is 0 Å². The molecule has 3 aromatic heterocycles. The maximum atomic E-state index is 12.9. The molecule has 0 fully saturated rings. The van der Waals surface area contributed by atoms with Crippen LogP contribution in [-0.2, 0) is 6.54 Å². The molecule has 7 nitrogen and oxygen atoms in total. The van der Waals surface area contributed by atoms with Gasteiger partial charge in [0.25, 0.3) is 5.91 Å². The predicted molar refractivity (Wildman–Crippen MR) is 99.6 cm³/mol. The Kier molecular flexibility index (Phi) is 4.49. The second-order valence-electron chi connectivity index (χ2n) is 6.08. The standard InChI is InChI=1S/C20H17N5O2/c1-25(13-15-11-18(24-27-15)17-9-5-6-10-21-17)20(26)16-12-22-23-19(16)14-7-3-2-4-8-14/h2-12H,13H2,1H3,(H,22,23). The van der Waals surface area contributed by atoms with E-state index in [1.54, 1.807) is 30.4 Å². The minimum absolute atomic E-state index is 0.154. The molecule has 3 heterocycles. The van der Waals surface area contributed by atoms with Crippen molar-refractivity contribution in [3.05, 3.63) is 78.3 Å². The Morgan fingerprint density at radius 3 is 2.70 bits per heavy atom. The summed E-state index contributed by atoms with van der Waals surface area (Å²) in [6.45, 7) is 0.290. The second-order valence-corrected chi connectivity index (χ2v) is 6.08. The second kappa shape index (κ2) is 7.25. The van der Waals surface area contributed by atoms with Gasteiger partial charge in [-0.15, -0.1) is 0 Å². The number of aromatic nitrogens is 4. The first kappa shape index (κ1) is 16.7. The highest BCUT2D eigenvalue weighted by Crippen LogP contribution is 2.23. The molecule has 0 aliphatic carbocycles. The Labute approximate surface area is 155 Å². The van der Waals surface area contributed by atoms with Crippen molar-refractivity contribution in [1.82, 2.24) is 25.2 Å². The van der Waals surface area contributed by atoms with Gasteiger partial charge in [-0.05, 0) is 12.1 Å². The molecule has 0 aliphatic heterocycles. The van der Waals surface area contributed by atoms with Gasteiger partial charge in [-0.1, -0.05) is 41.6 Å². The van der Waals surface area contributed by atoms with Gasteiger partial charge in [0.05, 0.1) is 29.7 Å². The molecule has 4 rings (SSSR count). The fourth-order valence-electron chi connectivity index (χ4n) is 2.81. The van der Waals surface area contributed by atoms with Gasteiger partial charge in [-0.25, -0.2) is 0 Å². The van der Waals surface area contributed by atoms with Crippen LogP contribution in [0.15, 0.2) is 71.5 Å². The quantitative estimate of drug-likeness (QED) is 0.590. The average Bonchev–Trinajstić information content (AvgIpc) is 3.38. The molecule has 0 spiro atoms. The molecular formula is C20H17N5O2. The van der Waals surface area contributed by atoms with Gasteiger partial charge in [0.15, 0.2) is 5.76 Å². The van der Waals surface area contributed by atoms with E-state index in [1.807, 2.05) is 48.5 Å². The van der Waals surface area contributed by atoms with Crippen molar-refractivity contribution in [1.29, 1.82) is 0 Å². The van der Waals surface area contributed by atoms with E-state index in [4.69, 9.17) is 4.52 Å². The number of amides is 1. The van der Waals surface area contributed by atoms with Crippen LogP contribution in [0.5, 0.6) is 0 Å². The number of benzene rings is 1. The number of nitrogens with one attached hydrogen (secondary N) is 1. The lowest BCUT2D eigenvalue weighted by atomic mass is 10.1. The zero-order valence-corrected chi connectivity index (χ0v) is 14.7. The first-order valence-corrected chi connectivity index (χ1v) is 8.43. The molecule has 1 N–H and O–H groups in total. The Balaban J connectivity index is 1.51. The monoisotopic (exact) mass is 359 g/mol. The highest BCUT2D eigenvalue weighted by Gasteiger charge is 2.20. The highest BCUT2D eigenvalue weighted by molar-refractivity contribution is 5.99. The van der Waals surface area contributed by atoms with Crippen LogP contribution in [0.4, 0.5) is 0 Å². The van der Waals surface area contributed by atoms with E-state index < -0.39 is 0 Å². The molecule has 1 aromatic carbocycles. The van der Waals surface area contributed by atoms with Crippen LogP contribution < -0.4 is 0 Å². The predicted octanol–water partition coefficient (Wildman–Crippen LogP) is 3.40. The third kappa shape index (κ3) is 3.48. The van der Waals surface area contributed by atoms with Crippen LogP contribution in [0.2, 0.25) is 0 Å². The Morgan fingerprint density at radius 2 is 1.93 bits per heavy atom. The Bertz CT molecular complexity index is 1040. The number of hydrogen-bond acceptors (Lipinski definition) is 5. The fraction of sp³-hybridized carbons (Fsp3) is 0.100. The molecule has 0 saturated heterocycles. The number of pyridine rings is 1. The lowest BCUT2D eigenvalue weighted by Gasteiger charge is -2.15. The van der Waals surface area contributed by atoms with E-state index in [0.717, 1.165) is 11.3 Å². The fourth-order valence-corrected chi connectivity index (χ4v) is 2.81. The van der Waals surface area contributed by atoms with Crippen LogP contribution in [0.1, 0.15) is 16.1 Å². The van der Waals surface area contributed by atoms with E-state index in [9.17, 15) is 4.79 Å². The normalized spacial score (nSPS) is 10.7. The number of rotatable bonds is 5. The van der Waals surface area contributed by atoms with Crippen LogP contribution in [0.25, 0.3) is 22.6 Å². The van der Waals surface area contributed by atoms with Crippen molar-refractivity contribution in [2.75, 3.05) is 7.05 Å². The van der Waals surface area contributed by atoms with Crippen LogP contribution in [0.3, 0.4) is 0 Å². The van der Waals surface area contributed by atoms with E-state index in [-0.39, 0.29) is 12.5 Å². The lowest BCUT2D eigenvalue weighted by Crippen LogP contribution is -2.26. The van der Waals surface area contributed by atoms with E-state index in [2.05, 4.69) is 20.3 Å². The lowest BCUT2D eigenvalue weighted by molar-refractivity contribution is 0.0773. The maximum absolute atomic E-state index is 12.9. The summed E-state index contributed by atoms with van der Waals surface area (Å²) in [6, 6.07) is 17.0. The third-order valence-electron chi connectivity index (χ3n) is 4.16. The molecule has 134 valence electrons. The summed E-state index contributed by atoms with van der Waals surface area (Å²) in [7, 11) is 1.72. The first-order chi connectivity index (χ1) is 13.2. The molecule has 4 aromatic rings. The Morgan fingerprint density at radius 1 is 1.11 bits per heavy atom. The molecule has 0 bridgehead atoms. The summed E-state index contributed by atoms with van der Waals surface area (Å²) in [5.74, 6) is 0.426. The Hall–Kier alpha value is -3.74. The summed E-state index contributed by atoms with van der Waals surface area (Å²) < 4.78 is 5.36.